The number of carbonyl (C=O) groups excluding carboxylic acids is 2. The topological polar surface area (TPSA) is 52.6 Å². The van der Waals surface area contributed by atoms with E-state index in [4.69, 9.17) is 4.74 Å². The molecule has 25 heavy (non-hydrogen) atoms. The van der Waals surface area contributed by atoms with Crippen molar-refractivity contribution in [2.45, 2.75) is 45.1 Å². The molecule has 1 aromatic rings. The zero-order valence-electron chi connectivity index (χ0n) is 15.1. The van der Waals surface area contributed by atoms with Gasteiger partial charge in [0.25, 0.3) is 0 Å². The SMILES string of the molecule is COC(=O)C[C@H](C)OC(=O)C1=CC=CC([C@H](C)c2ccccc2)CC1. The molecule has 0 heterocycles. The van der Waals surface area contributed by atoms with Gasteiger partial charge in [0.05, 0.1) is 13.5 Å². The van der Waals surface area contributed by atoms with Gasteiger partial charge in [-0.1, -0.05) is 55.5 Å². The standard InChI is InChI=1S/C21H26O4/c1-15(14-20(22)24-3)25-21(23)19-11-7-10-18(12-13-19)16(2)17-8-5-4-6-9-17/h4-11,15-16,18H,12-14H2,1-3H3/t15-,16+,18?/m0/s1. The minimum atomic E-state index is -0.493. The van der Waals surface area contributed by atoms with Gasteiger partial charge in [0.2, 0.25) is 0 Å². The van der Waals surface area contributed by atoms with Crippen molar-refractivity contribution < 1.29 is 19.1 Å². The summed E-state index contributed by atoms with van der Waals surface area (Å²) in [7, 11) is 1.32. The van der Waals surface area contributed by atoms with Crippen LogP contribution in [0.4, 0.5) is 0 Å². The van der Waals surface area contributed by atoms with E-state index in [0.29, 0.717) is 23.8 Å². The van der Waals surface area contributed by atoms with Crippen LogP contribution in [0.2, 0.25) is 0 Å². The first-order chi connectivity index (χ1) is 12.0. The number of hydrogen-bond donors (Lipinski definition) is 0. The average molecular weight is 342 g/mol. The van der Waals surface area contributed by atoms with Crippen LogP contribution in [0.1, 0.15) is 44.6 Å². The Labute approximate surface area is 149 Å². The highest BCUT2D eigenvalue weighted by Crippen LogP contribution is 2.31. The normalized spacial score (nSPS) is 19.3. The maximum absolute atomic E-state index is 12.3. The van der Waals surface area contributed by atoms with Gasteiger partial charge >= 0.3 is 11.9 Å². The Morgan fingerprint density at radius 3 is 2.60 bits per heavy atom. The zero-order valence-corrected chi connectivity index (χ0v) is 15.1. The van der Waals surface area contributed by atoms with Crippen LogP contribution in [0.15, 0.2) is 54.1 Å². The van der Waals surface area contributed by atoms with Gasteiger partial charge in [-0.3, -0.25) is 4.79 Å². The molecule has 0 fully saturated rings. The molecule has 1 aliphatic carbocycles. The number of methoxy groups -OCH3 is 1. The van der Waals surface area contributed by atoms with Crippen molar-refractivity contribution in [3.63, 3.8) is 0 Å². The first-order valence-electron chi connectivity index (χ1n) is 8.71. The molecule has 0 amide bonds. The quantitative estimate of drug-likeness (QED) is 0.728. The number of rotatable bonds is 6. The molecule has 4 nitrogen and oxygen atoms in total. The van der Waals surface area contributed by atoms with Crippen LogP contribution in [0.3, 0.4) is 0 Å². The molecular weight excluding hydrogens is 316 g/mol. The van der Waals surface area contributed by atoms with Crippen LogP contribution < -0.4 is 0 Å². The molecule has 1 unspecified atom stereocenters. The lowest BCUT2D eigenvalue weighted by atomic mass is 9.84. The summed E-state index contributed by atoms with van der Waals surface area (Å²) < 4.78 is 9.95. The Balaban J connectivity index is 1.91. The van der Waals surface area contributed by atoms with Crippen molar-refractivity contribution in [1.29, 1.82) is 0 Å². The van der Waals surface area contributed by atoms with Gasteiger partial charge in [-0.2, -0.15) is 0 Å². The number of allylic oxidation sites excluding steroid dienone is 3. The summed E-state index contributed by atoms with van der Waals surface area (Å²) in [6.07, 6.45) is 7.06. The molecule has 0 saturated carbocycles. The Morgan fingerprint density at radius 2 is 1.92 bits per heavy atom. The van der Waals surface area contributed by atoms with Gasteiger partial charge in [0.1, 0.15) is 6.10 Å². The van der Waals surface area contributed by atoms with Crippen LogP contribution in [-0.4, -0.2) is 25.2 Å². The maximum Gasteiger partial charge on any atom is 0.334 e. The second-order valence-electron chi connectivity index (χ2n) is 6.47. The molecule has 0 radical (unpaired) electrons. The van der Waals surface area contributed by atoms with Gasteiger partial charge in [-0.05, 0) is 37.2 Å². The molecule has 0 saturated heterocycles. The molecule has 1 aromatic carbocycles. The zero-order chi connectivity index (χ0) is 18.2. The highest BCUT2D eigenvalue weighted by molar-refractivity contribution is 5.89. The summed E-state index contributed by atoms with van der Waals surface area (Å²) in [6, 6.07) is 10.4. The molecule has 0 N–H and O–H groups in total. The van der Waals surface area contributed by atoms with Crippen LogP contribution in [0.25, 0.3) is 0 Å². The summed E-state index contributed by atoms with van der Waals surface area (Å²) in [6.45, 7) is 3.91. The lowest BCUT2D eigenvalue weighted by molar-refractivity contribution is -0.150. The first-order valence-corrected chi connectivity index (χ1v) is 8.71. The van der Waals surface area contributed by atoms with E-state index >= 15 is 0 Å². The molecule has 0 aromatic heterocycles. The maximum atomic E-state index is 12.3. The Bertz CT molecular complexity index is 645. The molecule has 0 bridgehead atoms. The van der Waals surface area contributed by atoms with Crippen molar-refractivity contribution in [1.82, 2.24) is 0 Å². The summed E-state index contributed by atoms with van der Waals surface area (Å²) in [5.41, 5.74) is 1.95. The minimum absolute atomic E-state index is 0.0685. The molecule has 1 aliphatic rings. The van der Waals surface area contributed by atoms with Crippen LogP contribution in [0.5, 0.6) is 0 Å². The predicted octanol–water partition coefficient (Wildman–Crippen LogP) is 4.18. The third-order valence-corrected chi connectivity index (χ3v) is 4.62. The fourth-order valence-corrected chi connectivity index (χ4v) is 3.02. The molecule has 0 aliphatic heterocycles. The second-order valence-corrected chi connectivity index (χ2v) is 6.47. The van der Waals surface area contributed by atoms with E-state index in [2.05, 4.69) is 42.0 Å². The number of benzene rings is 1. The molecular formula is C21H26O4. The lowest BCUT2D eigenvalue weighted by Gasteiger charge is -2.21. The Morgan fingerprint density at radius 1 is 1.20 bits per heavy atom. The summed E-state index contributed by atoms with van der Waals surface area (Å²) >= 11 is 0. The Hall–Kier alpha value is -2.36. The predicted molar refractivity (Wildman–Crippen MR) is 97.0 cm³/mol. The summed E-state index contributed by atoms with van der Waals surface area (Å²) in [5.74, 6) is 0.0248. The van der Waals surface area contributed by atoms with Crippen LogP contribution >= 0.6 is 0 Å². The minimum Gasteiger partial charge on any atom is -0.469 e. The molecule has 2 rings (SSSR count). The van der Waals surface area contributed by atoms with E-state index in [-0.39, 0.29) is 18.4 Å². The largest absolute Gasteiger partial charge is 0.469 e. The first kappa shape index (κ1) is 19.0. The van der Waals surface area contributed by atoms with Gasteiger partial charge in [-0.15, -0.1) is 0 Å². The van der Waals surface area contributed by atoms with Gasteiger partial charge in [-0.25, -0.2) is 4.79 Å². The number of ether oxygens (including phenoxy) is 2. The fraction of sp³-hybridized carbons (Fsp3) is 0.429. The van der Waals surface area contributed by atoms with Crippen molar-refractivity contribution in [3.05, 3.63) is 59.7 Å². The third kappa shape index (κ3) is 5.59. The van der Waals surface area contributed by atoms with Gasteiger partial charge in [0.15, 0.2) is 0 Å². The number of esters is 2. The van der Waals surface area contributed by atoms with Crippen molar-refractivity contribution in [2.75, 3.05) is 7.11 Å². The van der Waals surface area contributed by atoms with E-state index < -0.39 is 6.10 Å². The van der Waals surface area contributed by atoms with Crippen molar-refractivity contribution >= 4 is 11.9 Å². The highest BCUT2D eigenvalue weighted by atomic mass is 16.6. The molecule has 0 spiro atoms. The molecule has 3 atom stereocenters. The Kier molecular flexibility index (Phi) is 6.99. The summed E-state index contributed by atoms with van der Waals surface area (Å²) in [4.78, 5) is 23.5. The number of hydrogen-bond acceptors (Lipinski definition) is 4. The van der Waals surface area contributed by atoms with Crippen molar-refractivity contribution in [2.24, 2.45) is 5.92 Å². The van der Waals surface area contributed by atoms with E-state index in [0.717, 1.165) is 6.42 Å². The summed E-state index contributed by atoms with van der Waals surface area (Å²) in [5, 5.41) is 0. The van der Waals surface area contributed by atoms with E-state index in [1.165, 1.54) is 12.7 Å². The smallest absolute Gasteiger partial charge is 0.334 e. The van der Waals surface area contributed by atoms with Gasteiger partial charge in [0, 0.05) is 5.57 Å². The molecule has 134 valence electrons. The van der Waals surface area contributed by atoms with Crippen molar-refractivity contribution in [3.8, 4) is 0 Å². The fourth-order valence-electron chi connectivity index (χ4n) is 3.02. The molecule has 4 heteroatoms. The van der Waals surface area contributed by atoms with E-state index in [9.17, 15) is 9.59 Å². The van der Waals surface area contributed by atoms with E-state index in [1.807, 2.05) is 18.2 Å². The van der Waals surface area contributed by atoms with Crippen LogP contribution in [0, 0.1) is 5.92 Å². The monoisotopic (exact) mass is 342 g/mol. The van der Waals surface area contributed by atoms with Gasteiger partial charge < -0.3 is 9.47 Å². The van der Waals surface area contributed by atoms with Crippen LogP contribution in [-0.2, 0) is 19.1 Å². The average Bonchev–Trinajstić information content (AvgIpc) is 2.87. The second kappa shape index (κ2) is 9.21. The third-order valence-electron chi connectivity index (χ3n) is 4.62. The number of carbonyl (C=O) groups is 2. The van der Waals surface area contributed by atoms with E-state index in [1.54, 1.807) is 6.92 Å². The lowest BCUT2D eigenvalue weighted by Crippen LogP contribution is -2.20. The highest BCUT2D eigenvalue weighted by Gasteiger charge is 2.22.